The lowest BCUT2D eigenvalue weighted by molar-refractivity contribution is 0.241. The third-order valence-corrected chi connectivity index (χ3v) is 12.2. The number of hydrogen-bond donors (Lipinski definition) is 1. The van der Waals surface area contributed by atoms with Crippen LogP contribution in [0.3, 0.4) is 0 Å². The van der Waals surface area contributed by atoms with Gasteiger partial charge in [-0.3, -0.25) is 19.0 Å². The number of benzene rings is 4. The predicted octanol–water partition coefficient (Wildman–Crippen LogP) is 11.1. The Morgan fingerprint density at radius 3 is 1.81 bits per heavy atom. The summed E-state index contributed by atoms with van der Waals surface area (Å²) in [6, 6.07) is 16.4. The van der Waals surface area contributed by atoms with Crippen molar-refractivity contribution in [3.63, 3.8) is 0 Å². The molecule has 0 spiro atoms. The minimum Gasteiger partial charge on any atom is -0.508 e. The number of phenols is 1. The Morgan fingerprint density at radius 1 is 0.707 bits per heavy atom. The number of nitrogens with zero attached hydrogens (tertiary/aromatic N) is 4. The smallest absolute Gasteiger partial charge is 0.276 e. The highest BCUT2D eigenvalue weighted by molar-refractivity contribution is 6.34. The van der Waals surface area contributed by atoms with Gasteiger partial charge in [-0.1, -0.05) is 53.3 Å². The molecule has 10 nitrogen and oxygen atoms in total. The Bertz CT molecular complexity index is 2690. The van der Waals surface area contributed by atoms with Gasteiger partial charge in [0.2, 0.25) is 0 Å². The maximum absolute atomic E-state index is 15.5. The minimum absolute atomic E-state index is 0.00144. The summed E-state index contributed by atoms with van der Waals surface area (Å²) in [6.45, 7) is 3.68. The quantitative estimate of drug-likeness (QED) is 0.147. The Kier molecular flexibility index (Phi) is 11.0. The molecular formula is C42H36Cl4F2N4O6. The van der Waals surface area contributed by atoms with Crippen molar-refractivity contribution in [2.45, 2.75) is 64.7 Å². The number of phenolic OH excluding ortho intramolecular Hbond substituents is 1. The second kappa shape index (κ2) is 16.1. The Labute approximate surface area is 351 Å². The van der Waals surface area contributed by atoms with Crippen LogP contribution in [0.1, 0.15) is 44.1 Å². The Balaban J connectivity index is 1.01. The van der Waals surface area contributed by atoms with E-state index in [9.17, 15) is 14.7 Å². The number of halogens is 6. The normalized spacial score (nSPS) is 15.5. The summed E-state index contributed by atoms with van der Waals surface area (Å²) in [5.74, 6) is 0.00378. The van der Waals surface area contributed by atoms with Gasteiger partial charge in [-0.2, -0.15) is 0 Å². The molecule has 4 heterocycles. The molecule has 0 fully saturated rings. The van der Waals surface area contributed by atoms with Crippen LogP contribution in [0.15, 0.2) is 76.3 Å². The van der Waals surface area contributed by atoms with Crippen molar-refractivity contribution in [3.8, 4) is 56.8 Å². The molecule has 1 unspecified atom stereocenters. The lowest BCUT2D eigenvalue weighted by Gasteiger charge is -2.28. The van der Waals surface area contributed by atoms with Crippen LogP contribution in [0.2, 0.25) is 20.4 Å². The highest BCUT2D eigenvalue weighted by Gasteiger charge is 2.30. The fraction of sp³-hybridized carbons (Fsp3) is 0.286. The largest absolute Gasteiger partial charge is 0.508 e. The Morgan fingerprint density at radius 2 is 1.22 bits per heavy atom. The number of rotatable bonds is 10. The monoisotopic (exact) mass is 870 g/mol. The van der Waals surface area contributed by atoms with Crippen molar-refractivity contribution < 1.29 is 28.1 Å². The molecule has 16 heteroatoms. The summed E-state index contributed by atoms with van der Waals surface area (Å²) in [7, 11) is 1.55. The summed E-state index contributed by atoms with van der Waals surface area (Å²) < 4.78 is 54.5. The summed E-state index contributed by atoms with van der Waals surface area (Å²) in [4.78, 5) is 27.2. The third-order valence-electron chi connectivity index (χ3n) is 10.8. The second-order valence-electron chi connectivity index (χ2n) is 14.5. The predicted molar refractivity (Wildman–Crippen MR) is 220 cm³/mol. The van der Waals surface area contributed by atoms with Gasteiger partial charge in [-0.05, 0) is 104 Å². The third kappa shape index (κ3) is 7.36. The van der Waals surface area contributed by atoms with E-state index < -0.39 is 22.8 Å². The van der Waals surface area contributed by atoms with Crippen molar-refractivity contribution >= 4 is 46.4 Å². The van der Waals surface area contributed by atoms with Gasteiger partial charge in [0.1, 0.15) is 56.4 Å². The van der Waals surface area contributed by atoms with E-state index in [-0.39, 0.29) is 71.7 Å². The molecule has 4 aromatic carbocycles. The van der Waals surface area contributed by atoms with Crippen LogP contribution in [0, 0.1) is 17.6 Å². The van der Waals surface area contributed by atoms with Crippen molar-refractivity contribution in [2.75, 3.05) is 7.11 Å². The lowest BCUT2D eigenvalue weighted by atomic mass is 9.87. The average Bonchev–Trinajstić information content (AvgIpc) is 3.61. The van der Waals surface area contributed by atoms with Crippen LogP contribution in [-0.2, 0) is 26.2 Å². The second-order valence-corrected chi connectivity index (χ2v) is 16.0. The van der Waals surface area contributed by atoms with E-state index >= 15 is 8.78 Å². The molecule has 2 atom stereocenters. The molecule has 2 aliphatic rings. The molecule has 1 N–H and O–H groups in total. The maximum Gasteiger partial charge on any atom is 0.276 e. The van der Waals surface area contributed by atoms with Gasteiger partial charge in [0.05, 0.1) is 28.3 Å². The first-order valence-electron chi connectivity index (χ1n) is 18.6. The zero-order valence-corrected chi connectivity index (χ0v) is 34.2. The zero-order valence-electron chi connectivity index (χ0n) is 31.2. The van der Waals surface area contributed by atoms with Crippen molar-refractivity contribution in [3.05, 3.63) is 125 Å². The fourth-order valence-corrected chi connectivity index (χ4v) is 8.98. The van der Waals surface area contributed by atoms with Crippen LogP contribution >= 0.6 is 46.4 Å². The van der Waals surface area contributed by atoms with Gasteiger partial charge in [-0.25, -0.2) is 18.1 Å². The maximum atomic E-state index is 15.5. The molecule has 58 heavy (non-hydrogen) atoms. The van der Waals surface area contributed by atoms with Gasteiger partial charge in [0, 0.05) is 42.9 Å². The summed E-state index contributed by atoms with van der Waals surface area (Å²) >= 11 is 26.2. The number of fused-ring (bicyclic) bond motifs is 2. The molecule has 0 bridgehead atoms. The molecule has 0 aliphatic carbocycles. The molecule has 2 aliphatic heterocycles. The van der Waals surface area contributed by atoms with Gasteiger partial charge in [0.15, 0.2) is 0 Å². The van der Waals surface area contributed by atoms with E-state index in [1.54, 1.807) is 52.9 Å². The van der Waals surface area contributed by atoms with Crippen LogP contribution in [-0.4, -0.2) is 30.9 Å². The van der Waals surface area contributed by atoms with Gasteiger partial charge >= 0.3 is 0 Å². The van der Waals surface area contributed by atoms with Crippen LogP contribution < -0.4 is 25.3 Å². The first-order valence-corrected chi connectivity index (χ1v) is 20.1. The van der Waals surface area contributed by atoms with Crippen molar-refractivity contribution in [2.24, 2.45) is 5.92 Å². The number of aromatic hydroxyl groups is 1. The molecule has 6 aromatic rings. The van der Waals surface area contributed by atoms with E-state index in [4.69, 9.17) is 60.6 Å². The van der Waals surface area contributed by atoms with E-state index in [1.807, 2.05) is 6.92 Å². The standard InChI is InChI=1S/C42H36Cl4F2N4O6/c1-22(27-16-26(9-10-34(27)53)58-36-18-28(32(47)20-31(36)44)37-39(45)49-12-3-4-13-51(49)41(37)54)15-23-11-14-50-40(46)38(42(55)52(50)21-23)29-17-35(30(43)19-33(29)48)57-25-7-5-24(56-2)6-8-25/h5-10,16-20,22-23,53H,3-4,11-15,21H2,1-2H3/t22-,23?/m0/s1. The number of methoxy groups -OCH3 is 1. The molecule has 0 amide bonds. The zero-order chi connectivity index (χ0) is 41.0. The first kappa shape index (κ1) is 39.9. The summed E-state index contributed by atoms with van der Waals surface area (Å²) in [5.41, 5.74) is -0.309. The topological polar surface area (TPSA) is 102 Å². The van der Waals surface area contributed by atoms with Crippen molar-refractivity contribution in [1.29, 1.82) is 0 Å². The molecular weight excluding hydrogens is 836 g/mol. The molecule has 0 radical (unpaired) electrons. The number of ether oxygens (including phenoxy) is 3. The highest BCUT2D eigenvalue weighted by atomic mass is 35.5. The molecule has 0 saturated carbocycles. The Hall–Kier alpha value is -4.88. The van der Waals surface area contributed by atoms with E-state index in [1.165, 1.54) is 27.6 Å². The number of hydrogen-bond acceptors (Lipinski definition) is 6. The molecule has 2 aromatic heterocycles. The van der Waals surface area contributed by atoms with Crippen molar-refractivity contribution in [1.82, 2.24) is 18.7 Å². The fourth-order valence-electron chi connectivity index (χ4n) is 7.89. The van der Waals surface area contributed by atoms with E-state index in [0.717, 1.165) is 25.0 Å². The SMILES string of the molecule is COc1ccc(Oc2cc(-c3c(Cl)n4n(c3=O)CC(C[C@H](C)c3cc(Oc5cc(-c6c(Cl)n7n(c6=O)CCCC7)c(F)cc5Cl)ccc3O)CC4)c(F)cc2Cl)cc1. The summed E-state index contributed by atoms with van der Waals surface area (Å²) in [5, 5.41) is 11.2. The molecule has 8 rings (SSSR count). The van der Waals surface area contributed by atoms with Gasteiger partial charge in [0.25, 0.3) is 11.1 Å². The summed E-state index contributed by atoms with van der Waals surface area (Å²) in [6.07, 6.45) is 2.89. The van der Waals surface area contributed by atoms with Gasteiger partial charge < -0.3 is 19.3 Å². The minimum atomic E-state index is -0.725. The molecule has 302 valence electrons. The van der Waals surface area contributed by atoms with Gasteiger partial charge in [-0.15, -0.1) is 0 Å². The van der Waals surface area contributed by atoms with E-state index in [0.29, 0.717) is 61.8 Å². The van der Waals surface area contributed by atoms with Crippen LogP contribution in [0.5, 0.6) is 34.5 Å². The van der Waals surface area contributed by atoms with Crippen LogP contribution in [0.25, 0.3) is 22.3 Å². The highest BCUT2D eigenvalue weighted by Crippen LogP contribution is 2.42. The lowest BCUT2D eigenvalue weighted by Crippen LogP contribution is -2.33. The number of aromatic nitrogens is 4. The van der Waals surface area contributed by atoms with Crippen LogP contribution in [0.4, 0.5) is 8.78 Å². The van der Waals surface area contributed by atoms with E-state index in [2.05, 4.69) is 0 Å². The average molecular weight is 873 g/mol. The molecule has 0 saturated heterocycles. The first-order chi connectivity index (χ1) is 27.8.